The van der Waals surface area contributed by atoms with Crippen LogP contribution < -0.4 is 22.1 Å². The van der Waals surface area contributed by atoms with Crippen LogP contribution in [0.5, 0.6) is 0 Å². The number of rotatable bonds is 4. The normalized spacial score (nSPS) is 14.5. The van der Waals surface area contributed by atoms with E-state index in [4.69, 9.17) is 21.1 Å². The van der Waals surface area contributed by atoms with Gasteiger partial charge in [0, 0.05) is 17.5 Å². The van der Waals surface area contributed by atoms with Crippen molar-refractivity contribution in [2.45, 2.75) is 25.8 Å². The van der Waals surface area contributed by atoms with Crippen molar-refractivity contribution in [3.05, 3.63) is 46.8 Å². The van der Waals surface area contributed by atoms with Crippen LogP contribution >= 0.6 is 0 Å². The van der Waals surface area contributed by atoms with E-state index in [-0.39, 0.29) is 23.0 Å². The average Bonchev–Trinajstić information content (AvgIpc) is 3.22. The van der Waals surface area contributed by atoms with Crippen LogP contribution in [0.1, 0.15) is 42.0 Å². The van der Waals surface area contributed by atoms with E-state index < -0.39 is 6.04 Å². The van der Waals surface area contributed by atoms with Gasteiger partial charge in [-0.3, -0.25) is 5.32 Å². The second-order valence-electron chi connectivity index (χ2n) is 6.77. The molecule has 0 aliphatic carbocycles. The summed E-state index contributed by atoms with van der Waals surface area (Å²) in [6.07, 6.45) is 3.46. The first-order valence-corrected chi connectivity index (χ1v) is 9.47. The maximum Gasteiger partial charge on any atom is 0.247 e. The number of nitriles is 2. The molecule has 0 bridgehead atoms. The minimum absolute atomic E-state index is 0.00201. The van der Waals surface area contributed by atoms with E-state index in [9.17, 15) is 5.26 Å². The molecule has 0 saturated carbocycles. The summed E-state index contributed by atoms with van der Waals surface area (Å²) in [6, 6.07) is 8.72. The van der Waals surface area contributed by atoms with Crippen LogP contribution in [0.15, 0.2) is 33.7 Å². The quantitative estimate of drug-likeness (QED) is 0.363. The number of nitrogen functional groups attached to an aromatic ring is 2. The first-order chi connectivity index (χ1) is 15.0. The lowest BCUT2D eigenvalue weighted by atomic mass is 9.94. The number of aromatic nitrogens is 3. The third-order valence-electron chi connectivity index (χ3n) is 4.76. The summed E-state index contributed by atoms with van der Waals surface area (Å²) >= 11 is 0. The van der Waals surface area contributed by atoms with Gasteiger partial charge in [-0.2, -0.15) is 10.5 Å². The van der Waals surface area contributed by atoms with Crippen molar-refractivity contribution in [3.63, 3.8) is 0 Å². The fourth-order valence-corrected chi connectivity index (χ4v) is 3.32. The predicted octanol–water partition coefficient (Wildman–Crippen LogP) is 2.06. The van der Waals surface area contributed by atoms with E-state index in [1.54, 1.807) is 0 Å². The average molecular weight is 414 g/mol. The van der Waals surface area contributed by atoms with Gasteiger partial charge < -0.3 is 21.2 Å². The van der Waals surface area contributed by atoms with Crippen molar-refractivity contribution >= 4 is 23.3 Å². The molecule has 154 valence electrons. The maximum absolute atomic E-state index is 9.41. The van der Waals surface area contributed by atoms with Gasteiger partial charge in [0.2, 0.25) is 17.7 Å². The van der Waals surface area contributed by atoms with Crippen LogP contribution in [0, 0.1) is 22.8 Å². The summed E-state index contributed by atoms with van der Waals surface area (Å²) in [5.41, 5.74) is 14.4. The number of fused-ring (bicyclic) bond motifs is 1. The Hall–Kier alpha value is -4.64. The van der Waals surface area contributed by atoms with Crippen LogP contribution in [0.3, 0.4) is 0 Å². The van der Waals surface area contributed by atoms with Crippen molar-refractivity contribution in [1.29, 1.82) is 10.5 Å². The van der Waals surface area contributed by atoms with Crippen molar-refractivity contribution in [3.8, 4) is 23.7 Å². The van der Waals surface area contributed by atoms with E-state index in [1.807, 2.05) is 43.5 Å². The summed E-state index contributed by atoms with van der Waals surface area (Å²) in [4.78, 5) is 8.77. The number of benzene rings is 1. The number of nitrogens with two attached hydrogens (primary N) is 2. The third-order valence-corrected chi connectivity index (χ3v) is 4.76. The van der Waals surface area contributed by atoms with Crippen LogP contribution in [0.25, 0.3) is 11.5 Å². The lowest BCUT2D eigenvalue weighted by Gasteiger charge is -2.26. The molecule has 3 heterocycles. The molecule has 0 saturated heterocycles. The molecule has 11 nitrogen and oxygen atoms in total. The van der Waals surface area contributed by atoms with E-state index in [1.165, 1.54) is 0 Å². The van der Waals surface area contributed by atoms with Gasteiger partial charge in [-0.1, -0.05) is 19.1 Å². The molecule has 3 aromatic rings. The molecule has 11 heteroatoms. The molecule has 31 heavy (non-hydrogen) atoms. The molecular formula is C20H18N10O. The number of pyridine rings is 1. The minimum atomic E-state index is -0.611. The molecule has 0 spiro atoms. The molecule has 1 aliphatic heterocycles. The van der Waals surface area contributed by atoms with Gasteiger partial charge in [0.05, 0.1) is 5.69 Å². The van der Waals surface area contributed by atoms with E-state index in [0.29, 0.717) is 23.2 Å². The van der Waals surface area contributed by atoms with Gasteiger partial charge in [-0.25, -0.2) is 9.98 Å². The number of aliphatic imine (C=N–C) groups is 1. The molecule has 1 aliphatic rings. The molecule has 0 radical (unpaired) electrons. The molecule has 0 fully saturated rings. The highest BCUT2D eigenvalue weighted by atomic mass is 16.4. The van der Waals surface area contributed by atoms with E-state index >= 15 is 0 Å². The fraction of sp³-hybridized carbons (Fsp3) is 0.200. The highest BCUT2D eigenvalue weighted by molar-refractivity contribution is 5.98. The number of anilines is 3. The fourth-order valence-electron chi connectivity index (χ4n) is 3.32. The summed E-state index contributed by atoms with van der Waals surface area (Å²) < 4.78 is 5.68. The second-order valence-corrected chi connectivity index (χ2v) is 6.77. The van der Waals surface area contributed by atoms with Gasteiger partial charge in [0.25, 0.3) is 0 Å². The SMILES string of the molecule is CCCc1nnc(-c2ccc(C3N=C(NC#N)Nc4nc(N)c(C#N)c(N)c43)cc2)o1. The Morgan fingerprint density at radius 2 is 1.97 bits per heavy atom. The lowest BCUT2D eigenvalue weighted by molar-refractivity contribution is 0.502. The zero-order chi connectivity index (χ0) is 22.0. The molecule has 2 aromatic heterocycles. The van der Waals surface area contributed by atoms with Gasteiger partial charge >= 0.3 is 0 Å². The number of guanidine groups is 1. The molecule has 4 rings (SSSR count). The first kappa shape index (κ1) is 19.7. The topological polar surface area (TPSA) is 188 Å². The molecule has 6 N–H and O–H groups in total. The molecule has 1 atom stereocenters. The Balaban J connectivity index is 1.76. The Morgan fingerprint density at radius 3 is 2.65 bits per heavy atom. The molecular weight excluding hydrogens is 396 g/mol. The number of hydrogen-bond acceptors (Lipinski definition) is 11. The largest absolute Gasteiger partial charge is 0.421 e. The highest BCUT2D eigenvalue weighted by Gasteiger charge is 2.29. The monoisotopic (exact) mass is 414 g/mol. The summed E-state index contributed by atoms with van der Waals surface area (Å²) in [5.74, 6) is 1.54. The van der Waals surface area contributed by atoms with Crippen LogP contribution in [0.4, 0.5) is 17.3 Å². The number of nitrogens with one attached hydrogen (secondary N) is 2. The maximum atomic E-state index is 9.41. The van der Waals surface area contributed by atoms with Crippen LogP contribution in [0.2, 0.25) is 0 Å². The number of nitrogens with zero attached hydrogens (tertiary/aromatic N) is 6. The third kappa shape index (κ3) is 3.56. The highest BCUT2D eigenvalue weighted by Crippen LogP contribution is 2.40. The van der Waals surface area contributed by atoms with Crippen molar-refractivity contribution in [2.75, 3.05) is 16.8 Å². The number of hydrogen-bond donors (Lipinski definition) is 4. The first-order valence-electron chi connectivity index (χ1n) is 9.47. The van der Waals surface area contributed by atoms with Gasteiger partial charge in [-0.15, -0.1) is 10.2 Å². The Labute approximate surface area is 177 Å². The standard InChI is InChI=1S/C20H18N10O/c1-2-3-13-29-30-19(31-13)11-6-4-10(5-7-11)16-14-15(23)12(8-21)17(24)27-18(14)28-20(26-16)25-9-22/h4-7,16H,2-3H2,1H3,(H6,23,24,25,26,27,28). The van der Waals surface area contributed by atoms with Crippen LogP contribution in [-0.2, 0) is 6.42 Å². The lowest BCUT2D eigenvalue weighted by Crippen LogP contribution is -2.32. The Bertz CT molecular complexity index is 1250. The predicted molar refractivity (Wildman–Crippen MR) is 113 cm³/mol. The van der Waals surface area contributed by atoms with E-state index in [2.05, 4.69) is 30.8 Å². The number of aryl methyl sites for hydroxylation is 1. The Kier molecular flexibility index (Phi) is 5.08. The van der Waals surface area contributed by atoms with Gasteiger partial charge in [-0.05, 0) is 24.1 Å². The summed E-state index contributed by atoms with van der Waals surface area (Å²) in [6.45, 7) is 2.04. The molecule has 0 amide bonds. The minimum Gasteiger partial charge on any atom is -0.421 e. The van der Waals surface area contributed by atoms with Crippen molar-refractivity contribution < 1.29 is 4.42 Å². The van der Waals surface area contributed by atoms with Crippen LogP contribution in [-0.4, -0.2) is 21.1 Å². The van der Waals surface area contributed by atoms with Crippen molar-refractivity contribution in [2.24, 2.45) is 4.99 Å². The summed E-state index contributed by atoms with van der Waals surface area (Å²) in [5, 5.41) is 31.9. The zero-order valence-corrected chi connectivity index (χ0v) is 16.5. The Morgan fingerprint density at radius 1 is 1.19 bits per heavy atom. The van der Waals surface area contributed by atoms with Crippen molar-refractivity contribution in [1.82, 2.24) is 20.5 Å². The molecule has 1 aromatic carbocycles. The second kappa shape index (κ2) is 8.00. The summed E-state index contributed by atoms with van der Waals surface area (Å²) in [7, 11) is 0. The zero-order valence-electron chi connectivity index (χ0n) is 16.5. The van der Waals surface area contributed by atoms with E-state index in [0.717, 1.165) is 24.0 Å². The van der Waals surface area contributed by atoms with Gasteiger partial charge in [0.1, 0.15) is 29.3 Å². The molecule has 1 unspecified atom stereocenters. The smallest absolute Gasteiger partial charge is 0.247 e. The van der Waals surface area contributed by atoms with Gasteiger partial charge in [0.15, 0.2) is 6.19 Å².